The fourth-order valence-corrected chi connectivity index (χ4v) is 1.19. The average molecular weight is 254 g/mol. The van der Waals surface area contributed by atoms with Crippen molar-refractivity contribution >= 4 is 23.1 Å². The van der Waals surface area contributed by atoms with Crippen molar-refractivity contribution < 1.29 is 9.18 Å². The van der Waals surface area contributed by atoms with Crippen molar-refractivity contribution in [1.82, 2.24) is 5.32 Å². The molecule has 3 N–H and O–H groups in total. The molecule has 92 valence electrons. The zero-order valence-corrected chi connectivity index (χ0v) is 10.6. The third-order valence-corrected chi connectivity index (χ3v) is 3.00. The Labute approximate surface area is 105 Å². The summed E-state index contributed by atoms with van der Waals surface area (Å²) in [5.74, 6) is -0.778. The summed E-state index contributed by atoms with van der Waals surface area (Å²) in [6.45, 7) is 3.99. The van der Waals surface area contributed by atoms with Crippen molar-refractivity contribution in [3.05, 3.63) is 35.6 Å². The number of benzene rings is 1. The Balaban J connectivity index is 2.65. The van der Waals surface area contributed by atoms with Crippen LogP contribution in [0.5, 0.6) is 0 Å². The third kappa shape index (κ3) is 3.78. The molecule has 0 heterocycles. The quantitative estimate of drug-likeness (QED) is 0.806. The fraction of sp³-hybridized carbons (Fsp3) is 0.333. The highest BCUT2D eigenvalue weighted by Crippen LogP contribution is 2.14. The maximum absolute atomic E-state index is 12.9. The van der Waals surface area contributed by atoms with Crippen LogP contribution in [0.4, 0.5) is 4.39 Å². The number of nitrogens with two attached hydrogens (primary N) is 1. The number of nitrogens with one attached hydrogen (secondary N) is 1. The minimum atomic E-state index is -0.460. The molecule has 0 atom stereocenters. The first-order valence-corrected chi connectivity index (χ1v) is 5.57. The first-order valence-electron chi connectivity index (χ1n) is 5.16. The van der Waals surface area contributed by atoms with E-state index in [0.717, 1.165) is 0 Å². The zero-order valence-electron chi connectivity index (χ0n) is 9.79. The summed E-state index contributed by atoms with van der Waals surface area (Å²) in [5, 5.41) is 2.67. The Morgan fingerprint density at radius 2 is 2.18 bits per heavy atom. The van der Waals surface area contributed by atoms with Crippen molar-refractivity contribution in [2.45, 2.75) is 13.8 Å². The van der Waals surface area contributed by atoms with E-state index in [9.17, 15) is 9.18 Å². The van der Waals surface area contributed by atoms with Crippen molar-refractivity contribution in [3.8, 4) is 0 Å². The maximum Gasteiger partial charge on any atom is 0.251 e. The molecule has 0 fully saturated rings. The van der Waals surface area contributed by atoms with Gasteiger partial charge in [-0.2, -0.15) is 0 Å². The topological polar surface area (TPSA) is 55.1 Å². The number of thiocarbonyl (C=S) groups is 1. The zero-order chi connectivity index (χ0) is 13.1. The minimum Gasteiger partial charge on any atom is -0.393 e. The van der Waals surface area contributed by atoms with E-state index in [4.69, 9.17) is 18.0 Å². The Hall–Kier alpha value is -1.49. The molecular formula is C12H15FN2OS. The van der Waals surface area contributed by atoms with Gasteiger partial charge in [-0.25, -0.2) is 4.39 Å². The Morgan fingerprint density at radius 1 is 1.53 bits per heavy atom. The van der Waals surface area contributed by atoms with Crippen LogP contribution in [0.25, 0.3) is 0 Å². The van der Waals surface area contributed by atoms with Gasteiger partial charge in [0.15, 0.2) is 0 Å². The van der Waals surface area contributed by atoms with Gasteiger partial charge in [0, 0.05) is 17.5 Å². The van der Waals surface area contributed by atoms with Gasteiger partial charge in [-0.15, -0.1) is 0 Å². The van der Waals surface area contributed by atoms with E-state index in [1.54, 1.807) is 6.07 Å². The number of rotatable bonds is 4. The summed E-state index contributed by atoms with van der Waals surface area (Å²) >= 11 is 4.89. The van der Waals surface area contributed by atoms with Crippen molar-refractivity contribution in [2.24, 2.45) is 11.1 Å². The van der Waals surface area contributed by atoms with E-state index < -0.39 is 11.2 Å². The van der Waals surface area contributed by atoms with Gasteiger partial charge in [0.05, 0.1) is 4.99 Å². The van der Waals surface area contributed by atoms with Gasteiger partial charge >= 0.3 is 0 Å². The normalized spacial score (nSPS) is 11.0. The highest BCUT2D eigenvalue weighted by atomic mass is 32.1. The molecular weight excluding hydrogens is 239 g/mol. The monoisotopic (exact) mass is 254 g/mol. The molecule has 0 saturated carbocycles. The second-order valence-corrected chi connectivity index (χ2v) is 4.88. The van der Waals surface area contributed by atoms with Gasteiger partial charge in [-0.05, 0) is 18.2 Å². The molecule has 0 bridgehead atoms. The van der Waals surface area contributed by atoms with Gasteiger partial charge < -0.3 is 11.1 Å². The van der Waals surface area contributed by atoms with Crippen LogP contribution in [-0.2, 0) is 0 Å². The molecule has 17 heavy (non-hydrogen) atoms. The van der Waals surface area contributed by atoms with Crippen LogP contribution in [0.3, 0.4) is 0 Å². The van der Waals surface area contributed by atoms with Crippen LogP contribution in [0.2, 0.25) is 0 Å². The first kappa shape index (κ1) is 13.6. The summed E-state index contributed by atoms with van der Waals surface area (Å²) in [5.41, 5.74) is 5.36. The lowest BCUT2D eigenvalue weighted by atomic mass is 9.93. The van der Waals surface area contributed by atoms with E-state index in [1.807, 2.05) is 13.8 Å². The van der Waals surface area contributed by atoms with Crippen LogP contribution < -0.4 is 11.1 Å². The number of halogens is 1. The Bertz CT molecular complexity index is 446. The highest BCUT2D eigenvalue weighted by molar-refractivity contribution is 7.80. The smallest absolute Gasteiger partial charge is 0.251 e. The molecule has 3 nitrogen and oxygen atoms in total. The van der Waals surface area contributed by atoms with Crippen molar-refractivity contribution in [1.29, 1.82) is 0 Å². The fourth-order valence-electron chi connectivity index (χ4n) is 1.12. The molecule has 0 saturated heterocycles. The maximum atomic E-state index is 12.9. The van der Waals surface area contributed by atoms with E-state index in [2.05, 4.69) is 5.32 Å². The number of carbonyl (C=O) groups excluding carboxylic acids is 1. The number of amides is 1. The van der Waals surface area contributed by atoms with E-state index >= 15 is 0 Å². The number of hydrogen-bond acceptors (Lipinski definition) is 2. The lowest BCUT2D eigenvalue weighted by Crippen LogP contribution is -2.41. The second kappa shape index (κ2) is 5.23. The first-order chi connectivity index (χ1) is 7.83. The summed E-state index contributed by atoms with van der Waals surface area (Å²) in [7, 11) is 0. The van der Waals surface area contributed by atoms with Gasteiger partial charge in [0.1, 0.15) is 5.82 Å². The van der Waals surface area contributed by atoms with Crippen LogP contribution in [-0.4, -0.2) is 17.4 Å². The lowest BCUT2D eigenvalue weighted by molar-refractivity contribution is 0.0944. The standard InChI is InChI=1S/C12H15FN2OS/c1-12(2,11(14)17)7-15-10(16)8-4-3-5-9(13)6-8/h3-6H,7H2,1-2H3,(H2,14,17)(H,15,16). The highest BCUT2D eigenvalue weighted by Gasteiger charge is 2.22. The van der Waals surface area contributed by atoms with Crippen molar-refractivity contribution in [2.75, 3.05) is 6.54 Å². The van der Waals surface area contributed by atoms with Crippen LogP contribution in [0.15, 0.2) is 24.3 Å². The summed E-state index contributed by atoms with van der Waals surface area (Å²) in [6, 6.07) is 5.51. The molecule has 1 aromatic carbocycles. The SMILES string of the molecule is CC(C)(CNC(=O)c1cccc(F)c1)C(N)=S. The molecule has 0 spiro atoms. The van der Waals surface area contributed by atoms with Gasteiger partial charge in [0.2, 0.25) is 0 Å². The average Bonchev–Trinajstić information content (AvgIpc) is 2.25. The summed E-state index contributed by atoms with van der Waals surface area (Å²) in [6.07, 6.45) is 0. The molecule has 1 aromatic rings. The van der Waals surface area contributed by atoms with Gasteiger partial charge in [0.25, 0.3) is 5.91 Å². The predicted octanol–water partition coefficient (Wildman–Crippen LogP) is 1.87. The molecule has 0 aliphatic rings. The predicted molar refractivity (Wildman–Crippen MR) is 69.3 cm³/mol. The molecule has 0 radical (unpaired) electrons. The Kier molecular flexibility index (Phi) is 4.17. The lowest BCUT2D eigenvalue weighted by Gasteiger charge is -2.23. The second-order valence-electron chi connectivity index (χ2n) is 4.44. The van der Waals surface area contributed by atoms with Gasteiger partial charge in [-0.1, -0.05) is 32.1 Å². The summed E-state index contributed by atoms with van der Waals surface area (Å²) in [4.78, 5) is 12.0. The summed E-state index contributed by atoms with van der Waals surface area (Å²) < 4.78 is 12.9. The molecule has 0 aliphatic carbocycles. The van der Waals surface area contributed by atoms with Crippen molar-refractivity contribution in [3.63, 3.8) is 0 Å². The number of carbonyl (C=O) groups is 1. The Morgan fingerprint density at radius 3 is 2.71 bits per heavy atom. The molecule has 1 amide bonds. The van der Waals surface area contributed by atoms with Crippen LogP contribution in [0.1, 0.15) is 24.2 Å². The van der Waals surface area contributed by atoms with Crippen LogP contribution >= 0.6 is 12.2 Å². The van der Waals surface area contributed by atoms with Gasteiger partial charge in [-0.3, -0.25) is 4.79 Å². The number of hydrogen-bond donors (Lipinski definition) is 2. The van der Waals surface area contributed by atoms with E-state index in [1.165, 1.54) is 18.2 Å². The molecule has 0 aliphatic heterocycles. The molecule has 5 heteroatoms. The molecule has 0 unspecified atom stereocenters. The van der Waals surface area contributed by atoms with Crippen LogP contribution in [0, 0.1) is 11.2 Å². The largest absolute Gasteiger partial charge is 0.393 e. The third-order valence-electron chi connectivity index (χ3n) is 2.44. The minimum absolute atomic E-state index is 0.281. The molecule has 0 aromatic heterocycles. The van der Waals surface area contributed by atoms with E-state index in [-0.39, 0.29) is 11.5 Å². The van der Waals surface area contributed by atoms with E-state index in [0.29, 0.717) is 11.5 Å². The molecule has 1 rings (SSSR count).